The molecule has 98 valence electrons. The first-order valence-electron chi connectivity index (χ1n) is 7.10. The van der Waals surface area contributed by atoms with Crippen LogP contribution in [0.1, 0.15) is 65.2 Å². The van der Waals surface area contributed by atoms with E-state index in [4.69, 9.17) is 4.74 Å². The number of ether oxygens (including phenoxy) is 1. The fourth-order valence-corrected chi connectivity index (χ4v) is 1.92. The Morgan fingerprint density at radius 3 is 2.12 bits per heavy atom. The van der Waals surface area contributed by atoms with Crippen molar-refractivity contribution in [1.29, 1.82) is 0 Å². The van der Waals surface area contributed by atoms with Gasteiger partial charge in [-0.15, -0.1) is 0 Å². The third-order valence-electron chi connectivity index (χ3n) is 3.09. The van der Waals surface area contributed by atoms with E-state index in [1.54, 1.807) is 0 Å². The molecule has 0 aliphatic carbocycles. The van der Waals surface area contributed by atoms with Crippen molar-refractivity contribution in [2.75, 3.05) is 20.3 Å². The van der Waals surface area contributed by atoms with Crippen LogP contribution in [0.5, 0.6) is 0 Å². The number of nitrogens with one attached hydrogen (secondary N) is 1. The first-order chi connectivity index (χ1) is 7.85. The summed E-state index contributed by atoms with van der Waals surface area (Å²) in [5.74, 6) is 0. The van der Waals surface area contributed by atoms with Crippen molar-refractivity contribution in [2.24, 2.45) is 0 Å². The standard InChI is InChI=1S/C14H31NO/c1-4-6-7-8-9-10-11-12-14(15-3)13-16-5-2/h14-15H,4-13H2,1-3H3. The molecule has 2 nitrogen and oxygen atoms in total. The average molecular weight is 229 g/mol. The summed E-state index contributed by atoms with van der Waals surface area (Å²) in [5.41, 5.74) is 0. The molecule has 2 heteroatoms. The molecule has 0 aromatic rings. The van der Waals surface area contributed by atoms with E-state index < -0.39 is 0 Å². The summed E-state index contributed by atoms with van der Waals surface area (Å²) < 4.78 is 5.43. The van der Waals surface area contributed by atoms with E-state index in [-0.39, 0.29) is 0 Å². The molecule has 1 atom stereocenters. The summed E-state index contributed by atoms with van der Waals surface area (Å²) in [7, 11) is 2.03. The van der Waals surface area contributed by atoms with Gasteiger partial charge >= 0.3 is 0 Å². The van der Waals surface area contributed by atoms with Gasteiger partial charge < -0.3 is 10.1 Å². The monoisotopic (exact) mass is 229 g/mol. The maximum atomic E-state index is 5.43. The van der Waals surface area contributed by atoms with Crippen molar-refractivity contribution >= 4 is 0 Å². The average Bonchev–Trinajstić information content (AvgIpc) is 2.32. The summed E-state index contributed by atoms with van der Waals surface area (Å²) in [6.07, 6.45) is 11.0. The number of unbranched alkanes of at least 4 members (excludes halogenated alkanes) is 6. The third kappa shape index (κ3) is 10.4. The van der Waals surface area contributed by atoms with Crippen LogP contribution in [0.3, 0.4) is 0 Å². The van der Waals surface area contributed by atoms with Gasteiger partial charge in [0.05, 0.1) is 6.61 Å². The Morgan fingerprint density at radius 1 is 0.938 bits per heavy atom. The molecule has 0 amide bonds. The van der Waals surface area contributed by atoms with Gasteiger partial charge in [-0.1, -0.05) is 51.9 Å². The van der Waals surface area contributed by atoms with Crippen molar-refractivity contribution in [3.63, 3.8) is 0 Å². The highest BCUT2D eigenvalue weighted by Crippen LogP contribution is 2.09. The smallest absolute Gasteiger partial charge is 0.0619 e. The molecule has 0 aromatic heterocycles. The second-order valence-electron chi connectivity index (χ2n) is 4.56. The predicted molar refractivity (Wildman–Crippen MR) is 72.0 cm³/mol. The molecule has 0 radical (unpaired) electrons. The molecule has 0 rings (SSSR count). The number of rotatable bonds is 12. The fourth-order valence-electron chi connectivity index (χ4n) is 1.92. The van der Waals surface area contributed by atoms with Crippen molar-refractivity contribution in [1.82, 2.24) is 5.32 Å². The summed E-state index contributed by atoms with van der Waals surface area (Å²) in [4.78, 5) is 0. The third-order valence-corrected chi connectivity index (χ3v) is 3.09. The van der Waals surface area contributed by atoms with Gasteiger partial charge in [0.25, 0.3) is 0 Å². The summed E-state index contributed by atoms with van der Waals surface area (Å²) in [6.45, 7) is 6.02. The van der Waals surface area contributed by atoms with Gasteiger partial charge in [-0.2, -0.15) is 0 Å². The van der Waals surface area contributed by atoms with E-state index in [0.717, 1.165) is 13.2 Å². The van der Waals surface area contributed by atoms with Crippen LogP contribution in [0.15, 0.2) is 0 Å². The maximum absolute atomic E-state index is 5.43. The topological polar surface area (TPSA) is 21.3 Å². The van der Waals surface area contributed by atoms with Gasteiger partial charge in [-0.3, -0.25) is 0 Å². The van der Waals surface area contributed by atoms with Gasteiger partial charge in [0.15, 0.2) is 0 Å². The minimum absolute atomic E-state index is 0.551. The Labute approximate surface area is 102 Å². The molecule has 1 N–H and O–H groups in total. The van der Waals surface area contributed by atoms with E-state index in [1.165, 1.54) is 51.4 Å². The first kappa shape index (κ1) is 15.9. The predicted octanol–water partition coefficient (Wildman–Crippen LogP) is 3.75. The van der Waals surface area contributed by atoms with Gasteiger partial charge in [-0.05, 0) is 20.4 Å². The summed E-state index contributed by atoms with van der Waals surface area (Å²) in [6, 6.07) is 0.551. The lowest BCUT2D eigenvalue weighted by atomic mass is 10.1. The number of likely N-dealkylation sites (N-methyl/N-ethyl adjacent to an activating group) is 1. The van der Waals surface area contributed by atoms with Gasteiger partial charge in [0.2, 0.25) is 0 Å². The number of hydrogen-bond acceptors (Lipinski definition) is 2. The lowest BCUT2D eigenvalue weighted by Gasteiger charge is -2.15. The second kappa shape index (κ2) is 13.0. The normalized spacial score (nSPS) is 12.9. The molecule has 16 heavy (non-hydrogen) atoms. The van der Waals surface area contributed by atoms with E-state index in [2.05, 4.69) is 19.2 Å². The largest absolute Gasteiger partial charge is 0.380 e. The molecule has 0 spiro atoms. The Morgan fingerprint density at radius 2 is 1.56 bits per heavy atom. The Kier molecular flexibility index (Phi) is 12.9. The highest BCUT2D eigenvalue weighted by atomic mass is 16.5. The zero-order valence-electron chi connectivity index (χ0n) is 11.6. The van der Waals surface area contributed by atoms with Crippen LogP contribution in [0.2, 0.25) is 0 Å². The lowest BCUT2D eigenvalue weighted by Crippen LogP contribution is -2.30. The van der Waals surface area contributed by atoms with Crippen molar-refractivity contribution < 1.29 is 4.74 Å². The van der Waals surface area contributed by atoms with Crippen LogP contribution in [0.4, 0.5) is 0 Å². The fraction of sp³-hybridized carbons (Fsp3) is 1.00. The molecule has 1 unspecified atom stereocenters. The number of hydrogen-bond donors (Lipinski definition) is 1. The van der Waals surface area contributed by atoms with Crippen molar-refractivity contribution in [3.8, 4) is 0 Å². The molecule has 0 bridgehead atoms. The quantitative estimate of drug-likeness (QED) is 0.515. The Bertz CT molecular complexity index is 128. The lowest BCUT2D eigenvalue weighted by molar-refractivity contribution is 0.121. The molecule has 0 saturated heterocycles. The molecular formula is C14H31NO. The summed E-state index contributed by atoms with van der Waals surface area (Å²) >= 11 is 0. The van der Waals surface area contributed by atoms with Crippen LogP contribution in [0.25, 0.3) is 0 Å². The van der Waals surface area contributed by atoms with E-state index >= 15 is 0 Å². The highest BCUT2D eigenvalue weighted by Gasteiger charge is 2.04. The minimum Gasteiger partial charge on any atom is -0.380 e. The van der Waals surface area contributed by atoms with Crippen LogP contribution in [-0.2, 0) is 4.74 Å². The Balaban J connectivity index is 3.20. The van der Waals surface area contributed by atoms with Gasteiger partial charge in [-0.25, -0.2) is 0 Å². The van der Waals surface area contributed by atoms with Crippen molar-refractivity contribution in [3.05, 3.63) is 0 Å². The summed E-state index contributed by atoms with van der Waals surface area (Å²) in [5, 5.41) is 3.32. The molecule has 0 aromatic carbocycles. The van der Waals surface area contributed by atoms with E-state index in [1.807, 2.05) is 7.05 Å². The first-order valence-corrected chi connectivity index (χ1v) is 7.10. The zero-order chi connectivity index (χ0) is 12.1. The molecule has 0 heterocycles. The van der Waals surface area contributed by atoms with Crippen molar-refractivity contribution in [2.45, 2.75) is 71.3 Å². The van der Waals surface area contributed by atoms with E-state index in [0.29, 0.717) is 6.04 Å². The van der Waals surface area contributed by atoms with Crippen LogP contribution >= 0.6 is 0 Å². The highest BCUT2D eigenvalue weighted by molar-refractivity contribution is 4.63. The van der Waals surface area contributed by atoms with E-state index in [9.17, 15) is 0 Å². The molecule has 0 aliphatic rings. The maximum Gasteiger partial charge on any atom is 0.0619 e. The molecule has 0 fully saturated rings. The molecular weight excluding hydrogens is 198 g/mol. The van der Waals surface area contributed by atoms with Crippen LogP contribution in [0, 0.1) is 0 Å². The van der Waals surface area contributed by atoms with Crippen LogP contribution < -0.4 is 5.32 Å². The Hall–Kier alpha value is -0.0800. The zero-order valence-corrected chi connectivity index (χ0v) is 11.6. The van der Waals surface area contributed by atoms with Gasteiger partial charge in [0.1, 0.15) is 0 Å². The second-order valence-corrected chi connectivity index (χ2v) is 4.56. The molecule has 0 aliphatic heterocycles. The SMILES string of the molecule is CCCCCCCCCC(COCC)NC. The minimum atomic E-state index is 0.551. The van der Waals surface area contributed by atoms with Gasteiger partial charge in [0, 0.05) is 12.6 Å². The molecule has 0 saturated carbocycles. The van der Waals surface area contributed by atoms with Crippen LogP contribution in [-0.4, -0.2) is 26.3 Å².